The lowest BCUT2D eigenvalue weighted by Gasteiger charge is -2.59. The average Bonchev–Trinajstić information content (AvgIpc) is 2.82. The van der Waals surface area contributed by atoms with Gasteiger partial charge in [-0.1, -0.05) is 42.6 Å². The molecule has 144 valence electrons. The van der Waals surface area contributed by atoms with E-state index in [1.165, 1.54) is 0 Å². The van der Waals surface area contributed by atoms with E-state index in [0.29, 0.717) is 12.8 Å². The summed E-state index contributed by atoms with van der Waals surface area (Å²) in [6, 6.07) is 0. The predicted octanol–water partition coefficient (Wildman–Crippen LogP) is 2.19. The van der Waals surface area contributed by atoms with Crippen molar-refractivity contribution < 1.29 is 29.3 Å². The van der Waals surface area contributed by atoms with Gasteiger partial charge >= 0.3 is 5.97 Å². The molecule has 2 bridgehead atoms. The number of halogens is 2. The molecule has 2 aliphatic carbocycles. The van der Waals surface area contributed by atoms with Gasteiger partial charge in [0.1, 0.15) is 17.8 Å². The largest absolute Gasteiger partial charge is 0.485 e. The zero-order valence-corrected chi connectivity index (χ0v) is 17.8. The Kier molecular flexibility index (Phi) is 4.20. The lowest BCUT2D eigenvalue weighted by atomic mass is 9.48. The van der Waals surface area contributed by atoms with E-state index in [9.17, 15) is 19.8 Å². The first kappa shape index (κ1) is 18.9. The van der Waals surface area contributed by atoms with Crippen LogP contribution in [0.2, 0.25) is 0 Å². The van der Waals surface area contributed by atoms with Crippen molar-refractivity contribution in [1.82, 2.24) is 0 Å². The number of rotatable bonds is 1. The molecule has 0 aromatic heterocycles. The Bertz CT molecular complexity index is 722. The topological polar surface area (TPSA) is 93.1 Å². The first-order chi connectivity index (χ1) is 12.1. The van der Waals surface area contributed by atoms with Crippen molar-refractivity contribution in [2.45, 2.75) is 61.9 Å². The summed E-state index contributed by atoms with van der Waals surface area (Å²) in [4.78, 5) is 26.2. The number of alkyl halides is 2. The lowest BCUT2D eigenvalue weighted by molar-refractivity contribution is -0.249. The number of esters is 1. The van der Waals surface area contributed by atoms with Crippen molar-refractivity contribution in [2.24, 2.45) is 17.3 Å². The maximum Gasteiger partial charge on any atom is 0.347 e. The number of carbonyl (C=O) groups is 2. The van der Waals surface area contributed by atoms with Gasteiger partial charge in [0, 0.05) is 17.3 Å². The van der Waals surface area contributed by atoms with E-state index < -0.39 is 39.6 Å². The number of aliphatic hydroxyl groups excluding tert-OH is 1. The van der Waals surface area contributed by atoms with Gasteiger partial charge < -0.3 is 19.7 Å². The molecule has 0 saturated heterocycles. The maximum atomic E-state index is 13.6. The highest BCUT2D eigenvalue weighted by Crippen LogP contribution is 2.60. The molecule has 8 heteroatoms. The maximum absolute atomic E-state index is 13.6. The second-order valence-electron chi connectivity index (χ2n) is 8.17. The lowest BCUT2D eigenvalue weighted by Crippen LogP contribution is -2.69. The molecule has 0 aromatic carbocycles. The van der Waals surface area contributed by atoms with Crippen LogP contribution < -0.4 is 0 Å². The van der Waals surface area contributed by atoms with Crippen molar-refractivity contribution in [1.29, 1.82) is 0 Å². The zero-order valence-electron chi connectivity index (χ0n) is 14.6. The highest BCUT2D eigenvalue weighted by atomic mass is 79.9. The number of ketones is 1. The Hall–Kier alpha value is -0.440. The average molecular weight is 494 g/mol. The number of carbonyl (C=O) groups excluding carboxylic acids is 2. The molecule has 0 spiro atoms. The van der Waals surface area contributed by atoms with Crippen LogP contribution in [0.25, 0.3) is 0 Å². The quantitative estimate of drug-likeness (QED) is 0.330. The zero-order chi connectivity index (χ0) is 19.1. The van der Waals surface area contributed by atoms with Gasteiger partial charge in [0.25, 0.3) is 0 Å². The summed E-state index contributed by atoms with van der Waals surface area (Å²) in [5.41, 5.74) is -2.51. The van der Waals surface area contributed by atoms with Crippen LogP contribution in [0.1, 0.15) is 39.5 Å². The minimum atomic E-state index is -1.40. The summed E-state index contributed by atoms with van der Waals surface area (Å²) in [7, 11) is 0. The Morgan fingerprint density at radius 3 is 2.65 bits per heavy atom. The minimum Gasteiger partial charge on any atom is -0.485 e. The van der Waals surface area contributed by atoms with Gasteiger partial charge in [-0.3, -0.25) is 4.79 Å². The summed E-state index contributed by atoms with van der Waals surface area (Å²) >= 11 is 6.66. The number of ether oxygens (including phenoxy) is 2. The third kappa shape index (κ3) is 2.10. The second kappa shape index (κ2) is 5.78. The van der Waals surface area contributed by atoms with Gasteiger partial charge in [0.05, 0.1) is 10.9 Å². The third-order valence-electron chi connectivity index (χ3n) is 7.08. The number of hydrogen-bond donors (Lipinski definition) is 2. The minimum absolute atomic E-state index is 0.0970. The molecule has 6 nitrogen and oxygen atoms in total. The highest BCUT2D eigenvalue weighted by Gasteiger charge is 2.70. The number of Topliss-reactive ketones (excluding diaryl/α,β-unsaturated/α-hetero) is 1. The molecule has 4 aliphatic rings. The molecule has 2 heterocycles. The van der Waals surface area contributed by atoms with Gasteiger partial charge in [-0.2, -0.15) is 0 Å². The van der Waals surface area contributed by atoms with E-state index in [0.717, 1.165) is 12.8 Å². The molecule has 0 amide bonds. The van der Waals surface area contributed by atoms with Gasteiger partial charge in [0.15, 0.2) is 11.5 Å². The number of hydrogen-bond acceptors (Lipinski definition) is 6. The first-order valence-corrected chi connectivity index (χ1v) is 10.9. The fourth-order valence-electron chi connectivity index (χ4n) is 5.46. The van der Waals surface area contributed by atoms with Crippen LogP contribution in [-0.4, -0.2) is 49.6 Å². The fraction of sp³-hybridized carbons (Fsp3) is 0.778. The van der Waals surface area contributed by atoms with Crippen molar-refractivity contribution in [3.05, 3.63) is 11.3 Å². The van der Waals surface area contributed by atoms with E-state index in [2.05, 4.69) is 31.9 Å². The van der Waals surface area contributed by atoms with E-state index in [1.54, 1.807) is 6.92 Å². The van der Waals surface area contributed by atoms with Crippen LogP contribution >= 0.6 is 31.9 Å². The van der Waals surface area contributed by atoms with E-state index in [1.807, 2.05) is 6.92 Å². The van der Waals surface area contributed by atoms with Gasteiger partial charge in [-0.15, -0.1) is 0 Å². The van der Waals surface area contributed by atoms with Crippen LogP contribution in [0.3, 0.4) is 0 Å². The normalized spacial score (nSPS) is 50.5. The monoisotopic (exact) mass is 492 g/mol. The molecule has 2 N–H and O–H groups in total. The van der Waals surface area contributed by atoms with Crippen molar-refractivity contribution in [3.63, 3.8) is 0 Å². The molecule has 0 aromatic rings. The van der Waals surface area contributed by atoms with Crippen LogP contribution in [-0.2, 0) is 19.1 Å². The molecule has 2 aliphatic heterocycles. The van der Waals surface area contributed by atoms with Crippen LogP contribution in [0.4, 0.5) is 0 Å². The predicted molar refractivity (Wildman–Crippen MR) is 98.6 cm³/mol. The number of aliphatic hydroxyl groups is 2. The summed E-state index contributed by atoms with van der Waals surface area (Å²) in [6.07, 6.45) is 0.763. The molecule has 0 radical (unpaired) electrons. The highest BCUT2D eigenvalue weighted by molar-refractivity contribution is 9.12. The van der Waals surface area contributed by atoms with Crippen molar-refractivity contribution in [2.75, 3.05) is 5.33 Å². The number of fused-ring (bicyclic) bond motifs is 4. The Morgan fingerprint density at radius 2 is 2.00 bits per heavy atom. The fourth-order valence-corrected chi connectivity index (χ4v) is 6.27. The van der Waals surface area contributed by atoms with E-state index in [-0.39, 0.29) is 28.4 Å². The molecule has 7 atom stereocenters. The van der Waals surface area contributed by atoms with Crippen molar-refractivity contribution in [3.8, 4) is 0 Å². The summed E-state index contributed by atoms with van der Waals surface area (Å²) in [5, 5.41) is 22.6. The molecule has 4 rings (SSSR count). The Morgan fingerprint density at radius 1 is 1.31 bits per heavy atom. The standard InChI is InChI=1S/C18H22Br2O6/c1-8-11-13(22)17(24)6-4-3-5-9(17)16(8,2)12(21)10-14(25-11)18(20,7-19)26-15(10)23/h8-9,11,13,22,24H,3-7H2,1-2H3/t8-,9+,11+,13-,16-,17+,18+/m1/s1. The molecule has 26 heavy (non-hydrogen) atoms. The molecule has 0 unspecified atom stereocenters. The third-order valence-corrected chi connectivity index (χ3v) is 9.42. The summed E-state index contributed by atoms with van der Waals surface area (Å²) in [5.74, 6) is -1.77. The van der Waals surface area contributed by atoms with Crippen LogP contribution in [0, 0.1) is 17.3 Å². The smallest absolute Gasteiger partial charge is 0.347 e. The summed E-state index contributed by atoms with van der Waals surface area (Å²) in [6.45, 7) is 3.66. The van der Waals surface area contributed by atoms with E-state index >= 15 is 0 Å². The van der Waals surface area contributed by atoms with Gasteiger partial charge in [-0.25, -0.2) is 4.79 Å². The van der Waals surface area contributed by atoms with Gasteiger partial charge in [-0.05, 0) is 28.8 Å². The Labute approximate surface area is 168 Å². The molecule has 2 saturated carbocycles. The Balaban J connectivity index is 1.94. The molecular formula is C18H22Br2O6. The van der Waals surface area contributed by atoms with E-state index in [4.69, 9.17) is 9.47 Å². The second-order valence-corrected chi connectivity index (χ2v) is 10.0. The van der Waals surface area contributed by atoms with Gasteiger partial charge in [0.2, 0.25) is 4.51 Å². The first-order valence-electron chi connectivity index (χ1n) is 8.96. The molecule has 2 fully saturated rings. The summed E-state index contributed by atoms with van der Waals surface area (Å²) < 4.78 is 10.2. The van der Waals surface area contributed by atoms with Crippen molar-refractivity contribution >= 4 is 43.6 Å². The SMILES string of the molecule is C[C@@H]1[C@@H]2OC3=C(C(=O)O[C@@]3(Br)CBr)C(=O)[C@@]1(C)[C@@H]1CCCC[C@@]1(O)[C@@H]2O. The van der Waals surface area contributed by atoms with Crippen LogP contribution in [0.5, 0.6) is 0 Å². The number of cyclic esters (lactones) is 1. The van der Waals surface area contributed by atoms with Crippen LogP contribution in [0.15, 0.2) is 11.3 Å². The molecular weight excluding hydrogens is 472 g/mol.